The lowest BCUT2D eigenvalue weighted by Gasteiger charge is -2.39. The first-order valence-corrected chi connectivity index (χ1v) is 11.6. The highest BCUT2D eigenvalue weighted by Crippen LogP contribution is 2.36. The molecule has 3 rings (SSSR count). The number of nitrogens with zero attached hydrogens (tertiary/aromatic N) is 4. The number of carbonyl (C=O) groups is 3. The first kappa shape index (κ1) is 28.6. The second-order valence-electron chi connectivity index (χ2n) is 10.6. The molecule has 1 N–H and O–H groups in total. The monoisotopic (exact) mass is 541 g/mol. The summed E-state index contributed by atoms with van der Waals surface area (Å²) in [4.78, 5) is 44.2. The number of piperidine rings is 1. The van der Waals surface area contributed by atoms with Gasteiger partial charge in [0.1, 0.15) is 11.5 Å². The van der Waals surface area contributed by atoms with E-state index in [0.717, 1.165) is 4.90 Å². The van der Waals surface area contributed by atoms with Crippen molar-refractivity contribution in [2.24, 2.45) is 5.41 Å². The van der Waals surface area contributed by atoms with Crippen LogP contribution < -0.4 is 5.32 Å². The maximum Gasteiger partial charge on any atom is 0.434 e. The number of ether oxygens (including phenoxy) is 1. The molecule has 208 valence electrons. The van der Waals surface area contributed by atoms with Gasteiger partial charge in [-0.3, -0.25) is 9.59 Å². The minimum absolute atomic E-state index is 0.0395. The first-order chi connectivity index (χ1) is 16.8. The van der Waals surface area contributed by atoms with E-state index < -0.39 is 41.4 Å². The Balaban J connectivity index is 1.58. The number of halogens is 6. The largest absolute Gasteiger partial charge is 0.434 e. The Bertz CT molecular complexity index is 1020. The molecule has 0 aliphatic carbocycles. The summed E-state index contributed by atoms with van der Waals surface area (Å²) in [6, 6.07) is 0. The lowest BCUT2D eigenvalue weighted by atomic mass is 9.89. The van der Waals surface area contributed by atoms with Crippen molar-refractivity contribution in [3.63, 3.8) is 0 Å². The van der Waals surface area contributed by atoms with Crippen molar-refractivity contribution in [1.29, 1.82) is 0 Å². The number of fused-ring (bicyclic) bond motifs is 1. The maximum absolute atomic E-state index is 12.9. The van der Waals surface area contributed by atoms with Crippen molar-refractivity contribution in [3.8, 4) is 0 Å². The van der Waals surface area contributed by atoms with Gasteiger partial charge in [-0.15, -0.1) is 0 Å². The highest BCUT2D eigenvalue weighted by molar-refractivity contribution is 5.92. The van der Waals surface area contributed by atoms with Gasteiger partial charge in [0.25, 0.3) is 12.0 Å². The molecular weight excluding hydrogens is 512 g/mol. The molecule has 0 saturated carbocycles. The van der Waals surface area contributed by atoms with Gasteiger partial charge in [-0.2, -0.15) is 26.3 Å². The third-order valence-electron chi connectivity index (χ3n) is 6.32. The topological polar surface area (TPSA) is 96.8 Å². The van der Waals surface area contributed by atoms with Crippen molar-refractivity contribution in [2.75, 3.05) is 19.6 Å². The number of imidazole rings is 1. The molecule has 2 aliphatic heterocycles. The van der Waals surface area contributed by atoms with Crippen LogP contribution in [0.4, 0.5) is 31.1 Å². The Kier molecular flexibility index (Phi) is 7.50. The number of aromatic nitrogens is 2. The molecule has 3 heterocycles. The molecule has 2 aliphatic rings. The van der Waals surface area contributed by atoms with Crippen LogP contribution in [0.3, 0.4) is 0 Å². The standard InChI is InChI=1S/C22H29F6N5O4/c1-19(2,3)17(35)33-10-9-32-11-13(29-14(32)12-33)15(34)30-20(4)5-7-31(8-6-20)18(36)37-16(21(23,24)25)22(26,27)28/h11,16H,5-10,12H2,1-4H3,(H,30,34). The molecule has 0 aromatic carbocycles. The van der Waals surface area contributed by atoms with Gasteiger partial charge < -0.3 is 24.4 Å². The summed E-state index contributed by atoms with van der Waals surface area (Å²) >= 11 is 0. The summed E-state index contributed by atoms with van der Waals surface area (Å²) in [5.74, 6) is -0.0220. The average molecular weight is 541 g/mol. The van der Waals surface area contributed by atoms with E-state index in [-0.39, 0.29) is 44.1 Å². The number of hydrogen-bond acceptors (Lipinski definition) is 5. The van der Waals surface area contributed by atoms with Gasteiger partial charge in [0, 0.05) is 43.3 Å². The van der Waals surface area contributed by atoms with Crippen molar-refractivity contribution in [2.45, 2.75) is 77.6 Å². The van der Waals surface area contributed by atoms with Gasteiger partial charge in [0.2, 0.25) is 5.91 Å². The van der Waals surface area contributed by atoms with Crippen molar-refractivity contribution < 1.29 is 45.5 Å². The van der Waals surface area contributed by atoms with Crippen LogP contribution in [0.15, 0.2) is 6.20 Å². The zero-order chi connectivity index (χ0) is 28.0. The lowest BCUT2D eigenvalue weighted by Crippen LogP contribution is -2.55. The molecule has 1 saturated heterocycles. The SMILES string of the molecule is CC1(NC(=O)c2cn3c(n2)CN(C(=O)C(C)(C)C)CC3)CCN(C(=O)OC(C(F)(F)F)C(F)(F)F)CC1. The fraction of sp³-hybridized carbons (Fsp3) is 0.727. The van der Waals surface area contributed by atoms with Crippen LogP contribution >= 0.6 is 0 Å². The van der Waals surface area contributed by atoms with Crippen LogP contribution in [0.5, 0.6) is 0 Å². The smallest absolute Gasteiger partial charge is 0.426 e. The predicted molar refractivity (Wildman–Crippen MR) is 116 cm³/mol. The van der Waals surface area contributed by atoms with Gasteiger partial charge in [-0.05, 0) is 19.8 Å². The molecule has 37 heavy (non-hydrogen) atoms. The molecule has 0 bridgehead atoms. The van der Waals surface area contributed by atoms with Gasteiger partial charge >= 0.3 is 18.4 Å². The molecular formula is C22H29F6N5O4. The van der Waals surface area contributed by atoms with E-state index in [4.69, 9.17) is 0 Å². The fourth-order valence-electron chi connectivity index (χ4n) is 4.15. The molecule has 0 atom stereocenters. The van der Waals surface area contributed by atoms with Crippen molar-refractivity contribution in [3.05, 3.63) is 17.7 Å². The number of likely N-dealkylation sites (tertiary alicyclic amines) is 1. The Morgan fingerprint density at radius 2 is 1.54 bits per heavy atom. The van der Waals surface area contributed by atoms with Crippen LogP contribution in [0.2, 0.25) is 0 Å². The average Bonchev–Trinajstić information content (AvgIpc) is 3.18. The van der Waals surface area contributed by atoms with Crippen LogP contribution in [0, 0.1) is 5.41 Å². The van der Waals surface area contributed by atoms with Gasteiger partial charge in [-0.1, -0.05) is 20.8 Å². The van der Waals surface area contributed by atoms with Crippen LogP contribution in [0.25, 0.3) is 0 Å². The zero-order valence-electron chi connectivity index (χ0n) is 20.8. The molecule has 15 heteroatoms. The molecule has 3 amide bonds. The molecule has 1 fully saturated rings. The molecule has 0 radical (unpaired) electrons. The number of carbonyl (C=O) groups excluding carboxylic acids is 3. The number of rotatable bonds is 3. The van der Waals surface area contributed by atoms with E-state index in [2.05, 4.69) is 15.0 Å². The third-order valence-corrected chi connectivity index (χ3v) is 6.32. The van der Waals surface area contributed by atoms with Gasteiger partial charge in [0.05, 0.1) is 6.54 Å². The first-order valence-electron chi connectivity index (χ1n) is 11.6. The van der Waals surface area contributed by atoms with Crippen LogP contribution in [-0.4, -0.2) is 80.9 Å². The van der Waals surface area contributed by atoms with E-state index in [1.54, 1.807) is 22.6 Å². The number of nitrogens with one attached hydrogen (secondary N) is 1. The highest BCUT2D eigenvalue weighted by Gasteiger charge is 2.60. The summed E-state index contributed by atoms with van der Waals surface area (Å²) < 4.78 is 81.6. The third kappa shape index (κ3) is 6.66. The van der Waals surface area contributed by atoms with Gasteiger partial charge in [0.15, 0.2) is 0 Å². The summed E-state index contributed by atoms with van der Waals surface area (Å²) in [6.45, 7) is 7.82. The zero-order valence-corrected chi connectivity index (χ0v) is 20.8. The van der Waals surface area contributed by atoms with E-state index >= 15 is 0 Å². The summed E-state index contributed by atoms with van der Waals surface area (Å²) in [7, 11) is 0. The Morgan fingerprint density at radius 1 is 0.973 bits per heavy atom. The Morgan fingerprint density at radius 3 is 2.05 bits per heavy atom. The summed E-state index contributed by atoms with van der Waals surface area (Å²) in [6.07, 6.45) is -15.9. The normalized spacial score (nSPS) is 18.5. The molecule has 1 aromatic heterocycles. The number of hydrogen-bond donors (Lipinski definition) is 1. The van der Waals surface area contributed by atoms with E-state index in [1.807, 2.05) is 20.8 Å². The van der Waals surface area contributed by atoms with Crippen molar-refractivity contribution >= 4 is 17.9 Å². The second-order valence-corrected chi connectivity index (χ2v) is 10.6. The number of alkyl halides is 6. The van der Waals surface area contributed by atoms with Crippen molar-refractivity contribution in [1.82, 2.24) is 24.7 Å². The van der Waals surface area contributed by atoms with Crippen LogP contribution in [-0.2, 0) is 22.6 Å². The fourth-order valence-corrected chi connectivity index (χ4v) is 4.15. The highest BCUT2D eigenvalue weighted by atomic mass is 19.4. The van der Waals surface area contributed by atoms with Gasteiger partial charge in [-0.25, -0.2) is 9.78 Å². The predicted octanol–water partition coefficient (Wildman–Crippen LogP) is 3.49. The minimum Gasteiger partial charge on any atom is -0.426 e. The van der Waals surface area contributed by atoms with Crippen LogP contribution in [0.1, 0.15) is 56.8 Å². The molecule has 1 aromatic rings. The number of amides is 3. The minimum atomic E-state index is -5.80. The lowest BCUT2D eigenvalue weighted by molar-refractivity contribution is -0.308. The maximum atomic E-state index is 12.9. The molecule has 0 unspecified atom stereocenters. The molecule has 9 nitrogen and oxygen atoms in total. The second kappa shape index (κ2) is 9.71. The van der Waals surface area contributed by atoms with E-state index in [1.165, 1.54) is 0 Å². The quantitative estimate of drug-likeness (QED) is 0.592. The van der Waals surface area contributed by atoms with E-state index in [9.17, 15) is 40.7 Å². The summed E-state index contributed by atoms with van der Waals surface area (Å²) in [5, 5.41) is 2.79. The summed E-state index contributed by atoms with van der Waals surface area (Å²) in [5.41, 5.74) is -1.34. The Labute approximate surface area is 209 Å². The molecule has 0 spiro atoms. The Hall–Kier alpha value is -3.00. The van der Waals surface area contributed by atoms with E-state index in [0.29, 0.717) is 18.9 Å².